The molecule has 0 aliphatic carbocycles. The molecule has 26 heavy (non-hydrogen) atoms. The number of benzene rings is 1. The van der Waals surface area contributed by atoms with Crippen molar-refractivity contribution in [3.63, 3.8) is 0 Å². The number of aryl methyl sites for hydroxylation is 1. The Morgan fingerprint density at radius 1 is 1.27 bits per heavy atom. The minimum atomic E-state index is -0.502. The summed E-state index contributed by atoms with van der Waals surface area (Å²) >= 11 is 0. The maximum absolute atomic E-state index is 12.7. The van der Waals surface area contributed by atoms with Gasteiger partial charge in [-0.2, -0.15) is 0 Å². The minimum Gasteiger partial charge on any atom is -0.443 e. The first-order valence-corrected chi connectivity index (χ1v) is 9.11. The van der Waals surface area contributed by atoms with Gasteiger partial charge in [-0.1, -0.05) is 19.9 Å². The molecule has 2 aromatic rings. The highest BCUT2D eigenvalue weighted by atomic mass is 16.6. The van der Waals surface area contributed by atoms with E-state index in [9.17, 15) is 4.79 Å². The Morgan fingerprint density at radius 3 is 2.54 bits per heavy atom. The van der Waals surface area contributed by atoms with Crippen molar-refractivity contribution in [3.05, 3.63) is 47.0 Å². The first kappa shape index (κ1) is 18.5. The summed E-state index contributed by atoms with van der Waals surface area (Å²) in [6, 6.07) is 4.18. The standard InChI is InChI=1S/C21H29N3O2/c1-14-16(12-23-11-10-22-15(23)2)8-9-17-18(14)21(6,7)13-24(17)19(25)26-20(3,4)5/h8-11H,12-13H2,1-7H3. The van der Waals surface area contributed by atoms with Crippen molar-refractivity contribution in [3.8, 4) is 0 Å². The second-order valence-corrected chi connectivity index (χ2v) is 8.80. The van der Waals surface area contributed by atoms with Crippen LogP contribution in [0, 0.1) is 13.8 Å². The highest BCUT2D eigenvalue weighted by molar-refractivity contribution is 5.92. The van der Waals surface area contributed by atoms with E-state index in [1.807, 2.05) is 40.1 Å². The van der Waals surface area contributed by atoms with E-state index in [1.54, 1.807) is 4.90 Å². The smallest absolute Gasteiger partial charge is 0.414 e. The zero-order valence-corrected chi connectivity index (χ0v) is 16.9. The lowest BCUT2D eigenvalue weighted by molar-refractivity contribution is 0.0579. The molecular weight excluding hydrogens is 326 g/mol. The predicted molar refractivity (Wildman–Crippen MR) is 104 cm³/mol. The summed E-state index contributed by atoms with van der Waals surface area (Å²) in [5, 5.41) is 0. The number of anilines is 1. The van der Waals surface area contributed by atoms with Gasteiger partial charge in [0, 0.05) is 30.9 Å². The van der Waals surface area contributed by atoms with E-state index in [0.29, 0.717) is 6.54 Å². The molecule has 0 bridgehead atoms. The van der Waals surface area contributed by atoms with Gasteiger partial charge in [-0.15, -0.1) is 0 Å². The average molecular weight is 355 g/mol. The molecule has 1 aliphatic rings. The van der Waals surface area contributed by atoms with Crippen molar-refractivity contribution in [1.82, 2.24) is 9.55 Å². The summed E-state index contributed by atoms with van der Waals surface area (Å²) in [6.07, 6.45) is 3.55. The van der Waals surface area contributed by atoms with E-state index in [1.165, 1.54) is 16.7 Å². The van der Waals surface area contributed by atoms with E-state index in [0.717, 1.165) is 18.1 Å². The Kier molecular flexibility index (Phi) is 4.37. The number of ether oxygens (including phenoxy) is 1. The largest absolute Gasteiger partial charge is 0.443 e. The van der Waals surface area contributed by atoms with Gasteiger partial charge in [0.05, 0.1) is 5.69 Å². The van der Waals surface area contributed by atoms with Crippen LogP contribution in [0.2, 0.25) is 0 Å². The number of carbonyl (C=O) groups excluding carboxylic acids is 1. The molecular formula is C21H29N3O2. The quantitative estimate of drug-likeness (QED) is 0.792. The fourth-order valence-electron chi connectivity index (χ4n) is 3.78. The third kappa shape index (κ3) is 3.35. The summed E-state index contributed by atoms with van der Waals surface area (Å²) in [5.41, 5.74) is 4.08. The van der Waals surface area contributed by atoms with Gasteiger partial charge in [0.1, 0.15) is 11.4 Å². The maximum atomic E-state index is 12.7. The number of amides is 1. The second kappa shape index (κ2) is 6.15. The van der Waals surface area contributed by atoms with Gasteiger partial charge < -0.3 is 9.30 Å². The zero-order chi connectivity index (χ0) is 19.3. The van der Waals surface area contributed by atoms with E-state index in [2.05, 4.69) is 42.5 Å². The van der Waals surface area contributed by atoms with Gasteiger partial charge >= 0.3 is 6.09 Å². The molecule has 3 rings (SSSR count). The van der Waals surface area contributed by atoms with Crippen molar-refractivity contribution in [2.75, 3.05) is 11.4 Å². The van der Waals surface area contributed by atoms with Gasteiger partial charge in [0.25, 0.3) is 0 Å². The molecule has 1 aromatic carbocycles. The van der Waals surface area contributed by atoms with Crippen LogP contribution >= 0.6 is 0 Å². The van der Waals surface area contributed by atoms with E-state index in [-0.39, 0.29) is 11.5 Å². The number of rotatable bonds is 2. The Balaban J connectivity index is 1.98. The van der Waals surface area contributed by atoms with Gasteiger partial charge in [-0.3, -0.25) is 4.90 Å². The molecule has 5 heteroatoms. The molecule has 0 N–H and O–H groups in total. The molecule has 0 saturated carbocycles. The Morgan fingerprint density at radius 2 is 1.96 bits per heavy atom. The fourth-order valence-corrected chi connectivity index (χ4v) is 3.78. The van der Waals surface area contributed by atoms with E-state index >= 15 is 0 Å². The van der Waals surface area contributed by atoms with Crippen LogP contribution in [-0.4, -0.2) is 27.8 Å². The zero-order valence-electron chi connectivity index (χ0n) is 16.9. The van der Waals surface area contributed by atoms with Crippen LogP contribution in [0.1, 0.15) is 57.1 Å². The first-order valence-electron chi connectivity index (χ1n) is 9.11. The molecule has 2 heterocycles. The van der Waals surface area contributed by atoms with Crippen LogP contribution in [0.25, 0.3) is 0 Å². The average Bonchev–Trinajstić information content (AvgIpc) is 3.01. The number of hydrogen-bond donors (Lipinski definition) is 0. The molecule has 1 aliphatic heterocycles. The number of hydrogen-bond acceptors (Lipinski definition) is 3. The van der Waals surface area contributed by atoms with Crippen molar-refractivity contribution in [1.29, 1.82) is 0 Å². The fraction of sp³-hybridized carbons (Fsp3) is 0.524. The molecule has 1 amide bonds. The summed E-state index contributed by atoms with van der Waals surface area (Å²) in [4.78, 5) is 18.8. The van der Waals surface area contributed by atoms with Crippen LogP contribution in [-0.2, 0) is 16.7 Å². The SMILES string of the molecule is Cc1c(Cn2ccnc2C)ccc2c1C(C)(C)CN2C(=O)OC(C)(C)C. The Labute approximate surface area is 156 Å². The Hall–Kier alpha value is -2.30. The third-order valence-corrected chi connectivity index (χ3v) is 4.95. The number of fused-ring (bicyclic) bond motifs is 1. The predicted octanol–water partition coefficient (Wildman–Crippen LogP) is 4.58. The summed E-state index contributed by atoms with van der Waals surface area (Å²) in [5.74, 6) is 1.000. The van der Waals surface area contributed by atoms with Crippen LogP contribution in [0.4, 0.5) is 10.5 Å². The van der Waals surface area contributed by atoms with E-state index < -0.39 is 5.60 Å². The van der Waals surface area contributed by atoms with Gasteiger partial charge in [-0.25, -0.2) is 9.78 Å². The molecule has 0 spiro atoms. The van der Waals surface area contributed by atoms with E-state index in [4.69, 9.17) is 4.74 Å². The number of carbonyl (C=O) groups is 1. The molecule has 0 radical (unpaired) electrons. The Bertz CT molecular complexity index is 843. The lowest BCUT2D eigenvalue weighted by atomic mass is 9.82. The number of imidazole rings is 1. The third-order valence-electron chi connectivity index (χ3n) is 4.95. The van der Waals surface area contributed by atoms with Crippen molar-refractivity contribution < 1.29 is 9.53 Å². The number of nitrogens with zero attached hydrogens (tertiary/aromatic N) is 3. The maximum Gasteiger partial charge on any atom is 0.414 e. The molecule has 1 aromatic heterocycles. The molecule has 140 valence electrons. The molecule has 0 unspecified atom stereocenters. The van der Waals surface area contributed by atoms with Crippen LogP contribution in [0.3, 0.4) is 0 Å². The van der Waals surface area contributed by atoms with Gasteiger partial charge in [-0.05, 0) is 57.4 Å². The molecule has 0 fully saturated rings. The normalized spacial score (nSPS) is 15.9. The van der Waals surface area contributed by atoms with Crippen molar-refractivity contribution in [2.24, 2.45) is 0 Å². The lowest BCUT2D eigenvalue weighted by Gasteiger charge is -2.25. The van der Waals surface area contributed by atoms with Crippen molar-refractivity contribution in [2.45, 2.75) is 66.0 Å². The van der Waals surface area contributed by atoms with Crippen LogP contribution in [0.15, 0.2) is 24.5 Å². The summed E-state index contributed by atoms with van der Waals surface area (Å²) < 4.78 is 7.76. The minimum absolute atomic E-state index is 0.115. The molecule has 0 atom stereocenters. The lowest BCUT2D eigenvalue weighted by Crippen LogP contribution is -2.38. The summed E-state index contributed by atoms with van der Waals surface area (Å²) in [6.45, 7) is 15.7. The summed E-state index contributed by atoms with van der Waals surface area (Å²) in [7, 11) is 0. The van der Waals surface area contributed by atoms with Crippen LogP contribution in [0.5, 0.6) is 0 Å². The topological polar surface area (TPSA) is 47.4 Å². The number of aromatic nitrogens is 2. The highest BCUT2D eigenvalue weighted by Gasteiger charge is 2.41. The second-order valence-electron chi connectivity index (χ2n) is 8.80. The molecule has 5 nitrogen and oxygen atoms in total. The monoisotopic (exact) mass is 355 g/mol. The van der Waals surface area contributed by atoms with Gasteiger partial charge in [0.15, 0.2) is 0 Å². The van der Waals surface area contributed by atoms with Gasteiger partial charge in [0.2, 0.25) is 0 Å². The van der Waals surface area contributed by atoms with Crippen molar-refractivity contribution >= 4 is 11.8 Å². The van der Waals surface area contributed by atoms with Crippen LogP contribution < -0.4 is 4.90 Å². The molecule has 0 saturated heterocycles. The highest BCUT2D eigenvalue weighted by Crippen LogP contribution is 2.44. The first-order chi connectivity index (χ1) is 12.0.